The van der Waals surface area contributed by atoms with Crippen LogP contribution in [0.4, 0.5) is 17.6 Å². The fraction of sp³-hybridized carbons (Fsp3) is 0.529. The van der Waals surface area contributed by atoms with E-state index in [-0.39, 0.29) is 12.7 Å². The molecule has 0 aliphatic rings. The van der Waals surface area contributed by atoms with E-state index in [0.29, 0.717) is 6.42 Å². The first kappa shape index (κ1) is 20.9. The van der Waals surface area contributed by atoms with Crippen LogP contribution in [-0.4, -0.2) is 24.5 Å². The van der Waals surface area contributed by atoms with Gasteiger partial charge in [-0.25, -0.2) is 9.18 Å². The van der Waals surface area contributed by atoms with Crippen molar-refractivity contribution in [2.75, 3.05) is 6.61 Å². The number of hydrogen-bond donors (Lipinski definition) is 1. The van der Waals surface area contributed by atoms with Crippen LogP contribution in [0.15, 0.2) is 18.2 Å². The molecular weight excluding hydrogens is 342 g/mol. The van der Waals surface area contributed by atoms with E-state index in [4.69, 9.17) is 4.74 Å². The molecule has 140 valence electrons. The highest BCUT2D eigenvalue weighted by molar-refractivity contribution is 5.98. The van der Waals surface area contributed by atoms with E-state index in [9.17, 15) is 27.2 Å². The molecule has 1 atom stereocenters. The Kier molecular flexibility index (Phi) is 7.38. The van der Waals surface area contributed by atoms with E-state index in [1.807, 2.05) is 6.92 Å². The zero-order valence-electron chi connectivity index (χ0n) is 14.2. The van der Waals surface area contributed by atoms with Crippen LogP contribution in [-0.2, 0) is 15.7 Å². The summed E-state index contributed by atoms with van der Waals surface area (Å²) in [5, 5.41) is 2.26. The van der Waals surface area contributed by atoms with Crippen molar-refractivity contribution in [3.05, 3.63) is 35.1 Å². The van der Waals surface area contributed by atoms with Gasteiger partial charge in [0.2, 0.25) is 0 Å². The van der Waals surface area contributed by atoms with E-state index in [2.05, 4.69) is 5.32 Å². The number of unbranched alkanes of at least 4 members (excludes halogenated alkanes) is 1. The number of nitrogens with one attached hydrogen (secondary N) is 1. The van der Waals surface area contributed by atoms with Crippen molar-refractivity contribution in [2.24, 2.45) is 5.92 Å². The third kappa shape index (κ3) is 6.03. The second-order valence-corrected chi connectivity index (χ2v) is 5.90. The van der Waals surface area contributed by atoms with Gasteiger partial charge >= 0.3 is 12.1 Å². The number of esters is 1. The van der Waals surface area contributed by atoms with Crippen molar-refractivity contribution >= 4 is 11.9 Å². The predicted molar refractivity (Wildman–Crippen MR) is 83.4 cm³/mol. The minimum absolute atomic E-state index is 0.165. The van der Waals surface area contributed by atoms with E-state index in [0.717, 1.165) is 18.6 Å². The molecule has 0 aliphatic heterocycles. The van der Waals surface area contributed by atoms with Gasteiger partial charge < -0.3 is 10.1 Å². The van der Waals surface area contributed by atoms with Gasteiger partial charge in [-0.15, -0.1) is 0 Å². The lowest BCUT2D eigenvalue weighted by Gasteiger charge is -2.22. The number of benzene rings is 1. The zero-order valence-corrected chi connectivity index (χ0v) is 14.2. The van der Waals surface area contributed by atoms with E-state index in [1.165, 1.54) is 0 Å². The van der Waals surface area contributed by atoms with Crippen molar-refractivity contribution in [2.45, 2.75) is 45.8 Å². The van der Waals surface area contributed by atoms with Crippen LogP contribution in [0.5, 0.6) is 0 Å². The van der Waals surface area contributed by atoms with Gasteiger partial charge in [0.05, 0.1) is 17.7 Å². The molecule has 1 aromatic carbocycles. The van der Waals surface area contributed by atoms with Gasteiger partial charge in [-0.05, 0) is 30.5 Å². The Bertz CT molecular complexity index is 614. The molecule has 0 fully saturated rings. The molecule has 4 nitrogen and oxygen atoms in total. The predicted octanol–water partition coefficient (Wildman–Crippen LogP) is 3.94. The van der Waals surface area contributed by atoms with Crippen molar-refractivity contribution < 1.29 is 31.9 Å². The maximum Gasteiger partial charge on any atom is 0.417 e. The van der Waals surface area contributed by atoms with E-state index in [1.54, 1.807) is 13.8 Å². The summed E-state index contributed by atoms with van der Waals surface area (Å²) in [5.74, 6) is -3.33. The summed E-state index contributed by atoms with van der Waals surface area (Å²) in [5.41, 5.74) is -2.15. The topological polar surface area (TPSA) is 55.4 Å². The second-order valence-electron chi connectivity index (χ2n) is 5.90. The van der Waals surface area contributed by atoms with Crippen molar-refractivity contribution in [3.8, 4) is 0 Å². The number of hydrogen-bond acceptors (Lipinski definition) is 3. The summed E-state index contributed by atoms with van der Waals surface area (Å²) < 4.78 is 57.2. The minimum Gasteiger partial charge on any atom is -0.464 e. The SMILES string of the molecule is CCCCOC(=O)C(NC(=O)c1ccc(F)cc1C(F)(F)F)C(C)C. The minimum atomic E-state index is -4.90. The maximum atomic E-state index is 13.1. The maximum absolute atomic E-state index is 13.1. The number of halogens is 4. The highest BCUT2D eigenvalue weighted by Gasteiger charge is 2.37. The standard InChI is InChI=1S/C17H21F4NO3/c1-4-5-8-25-16(24)14(10(2)3)22-15(23)12-7-6-11(18)9-13(12)17(19,20)21/h6-7,9-10,14H,4-5,8H2,1-3H3,(H,22,23). The molecule has 1 unspecified atom stereocenters. The van der Waals surface area contributed by atoms with E-state index < -0.39 is 47.0 Å². The molecule has 0 bridgehead atoms. The van der Waals surface area contributed by atoms with Gasteiger partial charge in [0, 0.05) is 0 Å². The molecule has 1 aromatic rings. The molecule has 1 rings (SSSR count). The number of alkyl halides is 3. The summed E-state index contributed by atoms with van der Waals surface area (Å²) in [6, 6.07) is 0.649. The first-order valence-corrected chi connectivity index (χ1v) is 7.92. The second kappa shape index (κ2) is 8.82. The zero-order chi connectivity index (χ0) is 19.2. The Morgan fingerprint density at radius 3 is 2.40 bits per heavy atom. The van der Waals surface area contributed by atoms with Gasteiger partial charge in [0.25, 0.3) is 5.91 Å². The Morgan fingerprint density at radius 2 is 1.88 bits per heavy atom. The molecule has 1 N–H and O–H groups in total. The largest absolute Gasteiger partial charge is 0.464 e. The highest BCUT2D eigenvalue weighted by atomic mass is 19.4. The Labute approximate surface area is 143 Å². The number of ether oxygens (including phenoxy) is 1. The highest BCUT2D eigenvalue weighted by Crippen LogP contribution is 2.32. The number of carbonyl (C=O) groups is 2. The average Bonchev–Trinajstić information content (AvgIpc) is 2.51. The molecule has 0 radical (unpaired) electrons. The van der Waals surface area contributed by atoms with Crippen molar-refractivity contribution in [1.29, 1.82) is 0 Å². The van der Waals surface area contributed by atoms with E-state index >= 15 is 0 Å². The molecule has 0 aromatic heterocycles. The first-order valence-electron chi connectivity index (χ1n) is 7.92. The Morgan fingerprint density at radius 1 is 1.24 bits per heavy atom. The normalized spacial score (nSPS) is 12.8. The van der Waals surface area contributed by atoms with Crippen molar-refractivity contribution in [3.63, 3.8) is 0 Å². The summed E-state index contributed by atoms with van der Waals surface area (Å²) in [6.45, 7) is 5.32. The quantitative estimate of drug-likeness (QED) is 0.454. The molecule has 0 saturated carbocycles. The molecule has 0 saturated heterocycles. The third-order valence-electron chi connectivity index (χ3n) is 3.48. The summed E-state index contributed by atoms with van der Waals surface area (Å²) in [6.07, 6.45) is -3.46. The summed E-state index contributed by atoms with van der Waals surface area (Å²) >= 11 is 0. The smallest absolute Gasteiger partial charge is 0.417 e. The van der Waals surface area contributed by atoms with Gasteiger partial charge in [-0.2, -0.15) is 13.2 Å². The molecular formula is C17H21F4NO3. The summed E-state index contributed by atoms with van der Waals surface area (Å²) in [7, 11) is 0. The van der Waals surface area contributed by atoms with Crippen LogP contribution in [0.1, 0.15) is 49.5 Å². The van der Waals surface area contributed by atoms with Crippen LogP contribution in [0.3, 0.4) is 0 Å². The molecule has 0 heterocycles. The monoisotopic (exact) mass is 363 g/mol. The van der Waals surface area contributed by atoms with Crippen molar-refractivity contribution in [1.82, 2.24) is 5.32 Å². The number of carbonyl (C=O) groups excluding carboxylic acids is 2. The first-order chi connectivity index (χ1) is 11.6. The lowest BCUT2D eigenvalue weighted by Crippen LogP contribution is -2.45. The number of rotatable bonds is 7. The van der Waals surface area contributed by atoms with Crippen LogP contribution in [0.25, 0.3) is 0 Å². The Hall–Kier alpha value is -2.12. The van der Waals surface area contributed by atoms with Crippen LogP contribution in [0, 0.1) is 11.7 Å². The fourth-order valence-electron chi connectivity index (χ4n) is 2.07. The molecule has 0 spiro atoms. The van der Waals surface area contributed by atoms with Gasteiger partial charge in [-0.3, -0.25) is 4.79 Å². The lowest BCUT2D eigenvalue weighted by molar-refractivity contribution is -0.147. The average molecular weight is 363 g/mol. The fourth-order valence-corrected chi connectivity index (χ4v) is 2.07. The van der Waals surface area contributed by atoms with Gasteiger partial charge in [0.1, 0.15) is 11.9 Å². The van der Waals surface area contributed by atoms with Crippen LogP contribution >= 0.6 is 0 Å². The lowest BCUT2D eigenvalue weighted by atomic mass is 10.0. The Balaban J connectivity index is 3.00. The van der Waals surface area contributed by atoms with Crippen LogP contribution in [0.2, 0.25) is 0 Å². The number of amides is 1. The molecule has 25 heavy (non-hydrogen) atoms. The van der Waals surface area contributed by atoms with Crippen LogP contribution < -0.4 is 5.32 Å². The molecule has 0 aliphatic carbocycles. The van der Waals surface area contributed by atoms with Gasteiger partial charge in [0.15, 0.2) is 0 Å². The third-order valence-corrected chi connectivity index (χ3v) is 3.48. The summed E-state index contributed by atoms with van der Waals surface area (Å²) in [4.78, 5) is 24.3. The van der Waals surface area contributed by atoms with Gasteiger partial charge in [-0.1, -0.05) is 27.2 Å². The molecule has 1 amide bonds. The molecule has 8 heteroatoms.